The van der Waals surface area contributed by atoms with Crippen molar-refractivity contribution < 1.29 is 4.39 Å². The summed E-state index contributed by atoms with van der Waals surface area (Å²) in [4.78, 5) is 7.77. The van der Waals surface area contributed by atoms with Crippen LogP contribution in [-0.2, 0) is 0 Å². The molecule has 0 N–H and O–H groups in total. The zero-order valence-corrected chi connectivity index (χ0v) is 14.7. The number of likely N-dealkylation sites (N-methyl/N-ethyl adjacent to an activating group) is 1. The molecule has 3 nitrogen and oxygen atoms in total. The molecule has 4 heteroatoms. The Labute approximate surface area is 131 Å². The van der Waals surface area contributed by atoms with Crippen molar-refractivity contribution in [3.8, 4) is 0 Å². The topological polar surface area (TPSA) is 9.72 Å². The summed E-state index contributed by atoms with van der Waals surface area (Å²) in [5, 5.41) is 0. The van der Waals surface area contributed by atoms with Crippen LogP contribution in [0.1, 0.15) is 33.1 Å². The number of likely N-dealkylation sites (tertiary alicyclic amines) is 1. The van der Waals surface area contributed by atoms with Crippen LogP contribution >= 0.6 is 0 Å². The van der Waals surface area contributed by atoms with Crippen LogP contribution in [0.3, 0.4) is 0 Å². The smallest absolute Gasteiger partial charge is 0.0785 e. The second-order valence-corrected chi connectivity index (χ2v) is 6.71. The molecule has 126 valence electrons. The largest absolute Gasteiger partial charge is 0.304 e. The van der Waals surface area contributed by atoms with Crippen LogP contribution in [-0.4, -0.2) is 81.3 Å². The number of hydrogen-bond donors (Lipinski definition) is 0. The van der Waals surface area contributed by atoms with E-state index >= 15 is 0 Å². The summed E-state index contributed by atoms with van der Waals surface area (Å²) in [5.74, 6) is 1.92. The van der Waals surface area contributed by atoms with Crippen molar-refractivity contribution in [2.75, 3.05) is 66.6 Å². The van der Waals surface area contributed by atoms with Crippen LogP contribution in [0.4, 0.5) is 4.39 Å². The Hall–Kier alpha value is -0.190. The molecular weight excluding hydrogens is 265 g/mol. The van der Waals surface area contributed by atoms with E-state index in [-0.39, 0.29) is 0 Å². The van der Waals surface area contributed by atoms with Gasteiger partial charge < -0.3 is 9.80 Å². The molecule has 0 aromatic carbocycles. The van der Waals surface area contributed by atoms with Crippen LogP contribution < -0.4 is 0 Å². The van der Waals surface area contributed by atoms with Crippen molar-refractivity contribution in [2.45, 2.75) is 33.1 Å². The molecule has 0 aliphatic carbocycles. The number of piperazine rings is 1. The van der Waals surface area contributed by atoms with Crippen LogP contribution in [0.15, 0.2) is 0 Å². The highest BCUT2D eigenvalue weighted by Gasteiger charge is 2.23. The van der Waals surface area contributed by atoms with E-state index in [1.165, 1.54) is 71.6 Å². The molecule has 2 rings (SSSR count). The number of hydrogen-bond acceptors (Lipinski definition) is 3. The monoisotopic (exact) mass is 301 g/mol. The maximum absolute atomic E-state index is 9.50. The minimum Gasteiger partial charge on any atom is -0.304 e. The summed E-state index contributed by atoms with van der Waals surface area (Å²) >= 11 is 0. The lowest BCUT2D eigenvalue weighted by molar-refractivity contribution is 0.110. The van der Waals surface area contributed by atoms with Crippen LogP contribution in [0.2, 0.25) is 0 Å². The van der Waals surface area contributed by atoms with E-state index in [1.807, 2.05) is 0 Å². The van der Waals surface area contributed by atoms with Crippen molar-refractivity contribution >= 4 is 0 Å². The van der Waals surface area contributed by atoms with Crippen LogP contribution in [0.5, 0.6) is 0 Å². The molecule has 0 unspecified atom stereocenters. The third-order valence-electron chi connectivity index (χ3n) is 5.41. The van der Waals surface area contributed by atoms with Crippen molar-refractivity contribution in [1.29, 1.82) is 0 Å². The third-order valence-corrected chi connectivity index (χ3v) is 5.41. The van der Waals surface area contributed by atoms with Crippen molar-refractivity contribution in [3.05, 3.63) is 0 Å². The second kappa shape index (κ2) is 10.5. The number of halogens is 1. The summed E-state index contributed by atoms with van der Waals surface area (Å²) in [7, 11) is 2.73. The van der Waals surface area contributed by atoms with Gasteiger partial charge in [0.05, 0.1) is 7.18 Å². The predicted octanol–water partition coefficient (Wildman–Crippen LogP) is 2.58. The second-order valence-electron chi connectivity index (χ2n) is 6.71. The summed E-state index contributed by atoms with van der Waals surface area (Å²) in [5.41, 5.74) is 0. The molecule has 0 bridgehead atoms. The molecule has 2 aliphatic rings. The van der Waals surface area contributed by atoms with Gasteiger partial charge >= 0.3 is 0 Å². The molecule has 2 heterocycles. The van der Waals surface area contributed by atoms with Crippen molar-refractivity contribution in [3.63, 3.8) is 0 Å². The van der Waals surface area contributed by atoms with Gasteiger partial charge in [-0.2, -0.15) is 0 Å². The quantitative estimate of drug-likeness (QED) is 0.773. The van der Waals surface area contributed by atoms with E-state index in [0.29, 0.717) is 7.18 Å². The Morgan fingerprint density at radius 2 is 1.38 bits per heavy atom. The zero-order valence-electron chi connectivity index (χ0n) is 14.7. The molecule has 0 aromatic rings. The molecule has 2 aliphatic heterocycles. The van der Waals surface area contributed by atoms with E-state index < -0.39 is 0 Å². The van der Waals surface area contributed by atoms with Gasteiger partial charge in [-0.25, -0.2) is 0 Å². The first-order chi connectivity index (χ1) is 10.2. The lowest BCUT2D eigenvalue weighted by Crippen LogP contribution is -2.47. The van der Waals surface area contributed by atoms with Gasteiger partial charge in [-0.3, -0.25) is 9.29 Å². The van der Waals surface area contributed by atoms with Gasteiger partial charge in [-0.15, -0.1) is 0 Å². The number of piperidine rings is 1. The van der Waals surface area contributed by atoms with Gasteiger partial charge in [0.2, 0.25) is 0 Å². The Bertz CT molecular complexity index is 246. The van der Waals surface area contributed by atoms with E-state index in [1.54, 1.807) is 0 Å². The molecule has 0 radical (unpaired) electrons. The minimum atomic E-state index is 0.500. The molecule has 0 saturated carbocycles. The number of rotatable bonds is 5. The summed E-state index contributed by atoms with van der Waals surface area (Å²) in [6.45, 7) is 15.0. The fourth-order valence-corrected chi connectivity index (χ4v) is 3.43. The Morgan fingerprint density at radius 1 is 0.905 bits per heavy atom. The average Bonchev–Trinajstić information content (AvgIpc) is 2.56. The summed E-state index contributed by atoms with van der Waals surface area (Å²) < 4.78 is 9.50. The summed E-state index contributed by atoms with van der Waals surface area (Å²) in [6, 6.07) is 0. The van der Waals surface area contributed by atoms with E-state index in [4.69, 9.17) is 0 Å². The third kappa shape index (κ3) is 6.62. The van der Waals surface area contributed by atoms with E-state index in [2.05, 4.69) is 35.6 Å². The van der Waals surface area contributed by atoms with Gasteiger partial charge in [-0.1, -0.05) is 20.3 Å². The molecule has 2 saturated heterocycles. The summed E-state index contributed by atoms with van der Waals surface area (Å²) in [6.07, 6.45) is 4.21. The fourth-order valence-electron chi connectivity index (χ4n) is 3.43. The van der Waals surface area contributed by atoms with Gasteiger partial charge in [0.1, 0.15) is 0 Å². The van der Waals surface area contributed by atoms with Gasteiger partial charge in [0.25, 0.3) is 0 Å². The van der Waals surface area contributed by atoms with Crippen LogP contribution in [0.25, 0.3) is 0 Å². The van der Waals surface area contributed by atoms with Gasteiger partial charge in [0.15, 0.2) is 0 Å². The fraction of sp³-hybridized carbons (Fsp3) is 1.00. The van der Waals surface area contributed by atoms with Crippen molar-refractivity contribution in [1.82, 2.24) is 14.7 Å². The Kier molecular flexibility index (Phi) is 9.45. The van der Waals surface area contributed by atoms with Gasteiger partial charge in [0, 0.05) is 39.3 Å². The first-order valence-electron chi connectivity index (χ1n) is 8.70. The van der Waals surface area contributed by atoms with Crippen LogP contribution in [0, 0.1) is 11.8 Å². The van der Waals surface area contributed by atoms with E-state index in [9.17, 15) is 4.39 Å². The molecule has 0 amide bonds. The highest BCUT2D eigenvalue weighted by Crippen LogP contribution is 2.26. The van der Waals surface area contributed by atoms with Crippen molar-refractivity contribution in [2.24, 2.45) is 11.8 Å². The lowest BCUT2D eigenvalue weighted by Gasteiger charge is -2.37. The first kappa shape index (κ1) is 18.9. The maximum atomic E-state index is 9.50. The maximum Gasteiger partial charge on any atom is 0.0785 e. The molecule has 2 fully saturated rings. The van der Waals surface area contributed by atoms with E-state index in [0.717, 1.165) is 11.8 Å². The molecular formula is C17H36FN3. The Morgan fingerprint density at radius 3 is 1.86 bits per heavy atom. The lowest BCUT2D eigenvalue weighted by atomic mass is 9.84. The average molecular weight is 301 g/mol. The zero-order chi connectivity index (χ0) is 15.7. The highest BCUT2D eigenvalue weighted by molar-refractivity contribution is 4.77. The first-order valence-corrected chi connectivity index (χ1v) is 8.70. The highest BCUT2D eigenvalue weighted by atomic mass is 19.1. The molecule has 1 atom stereocenters. The molecule has 0 aromatic heterocycles. The SMILES string of the molecule is CC[C@@H](C)C1CCN(CCN2CCN(C)CC2)CC1.CF. The standard InChI is InChI=1S/C16H33N3.CH3F/c1-4-15(2)16-5-7-18(8-6-16)13-14-19-11-9-17(3)10-12-19;1-2/h15-16H,4-14H2,1-3H3;1H3/t15-;/m1./s1. The minimum absolute atomic E-state index is 0.500. The predicted molar refractivity (Wildman–Crippen MR) is 89.6 cm³/mol. The normalized spacial score (nSPS) is 24.4. The molecule has 0 spiro atoms. The molecule has 21 heavy (non-hydrogen) atoms. The number of alkyl halides is 1. The number of nitrogens with zero attached hydrogens (tertiary/aromatic N) is 3. The van der Waals surface area contributed by atoms with Gasteiger partial charge in [-0.05, 0) is 44.8 Å². The Balaban J connectivity index is 0.00000106.